The van der Waals surface area contributed by atoms with Gasteiger partial charge in [0.1, 0.15) is 10.7 Å². The molecule has 0 radical (unpaired) electrons. The molecule has 0 saturated carbocycles. The number of benzene rings is 2. The fraction of sp³-hybridized carbons (Fsp3) is 0.200. The molecule has 5 nitrogen and oxygen atoms in total. The summed E-state index contributed by atoms with van der Waals surface area (Å²) in [6.07, 6.45) is 0. The zero-order valence-corrected chi connectivity index (χ0v) is 14.5. The van der Waals surface area contributed by atoms with Crippen molar-refractivity contribution in [3.8, 4) is 11.5 Å². The summed E-state index contributed by atoms with van der Waals surface area (Å²) < 4.78 is 51.1. The van der Waals surface area contributed by atoms with E-state index in [4.69, 9.17) is 9.47 Å². The third-order valence-electron chi connectivity index (χ3n) is 3.42. The first-order valence-corrected chi connectivity index (χ1v) is 8.91. The smallest absolute Gasteiger partial charge is 0.246 e. The van der Waals surface area contributed by atoms with Gasteiger partial charge in [0, 0.05) is 18.1 Å². The normalized spacial score (nSPS) is 13.6. The van der Waals surface area contributed by atoms with Crippen molar-refractivity contribution in [1.29, 1.82) is 0 Å². The van der Waals surface area contributed by atoms with E-state index >= 15 is 0 Å². The molecule has 2 aromatic carbocycles. The first-order valence-electron chi connectivity index (χ1n) is 6.68. The highest BCUT2D eigenvalue weighted by Crippen LogP contribution is 2.33. The van der Waals surface area contributed by atoms with Crippen LogP contribution in [0, 0.1) is 5.82 Å². The Morgan fingerprint density at radius 1 is 1.17 bits per heavy atom. The molecule has 0 fully saturated rings. The van der Waals surface area contributed by atoms with Gasteiger partial charge in [-0.2, -0.15) is 4.31 Å². The van der Waals surface area contributed by atoms with Gasteiger partial charge in [0.2, 0.25) is 16.8 Å². The molecule has 3 rings (SSSR count). The number of halogens is 2. The van der Waals surface area contributed by atoms with E-state index in [0.29, 0.717) is 16.0 Å². The molecule has 122 valence electrons. The van der Waals surface area contributed by atoms with Crippen LogP contribution >= 0.6 is 15.9 Å². The highest BCUT2D eigenvalue weighted by Gasteiger charge is 2.25. The summed E-state index contributed by atoms with van der Waals surface area (Å²) in [6, 6.07) is 9.00. The molecule has 0 unspecified atom stereocenters. The van der Waals surface area contributed by atoms with E-state index in [2.05, 4.69) is 15.9 Å². The molecular formula is C15H13BrFNO4S. The molecule has 0 bridgehead atoms. The number of fused-ring (bicyclic) bond motifs is 1. The molecule has 0 spiro atoms. The lowest BCUT2D eigenvalue weighted by Gasteiger charge is -2.18. The third kappa shape index (κ3) is 3.19. The summed E-state index contributed by atoms with van der Waals surface area (Å²) in [5.74, 6) is 0.407. The standard InChI is InChI=1S/C15H13BrFNO4S/c1-18(8-10-2-5-13-14(6-10)22-9-21-13)23(19,20)15-7-11(16)3-4-12(15)17/h2-7H,8-9H2,1H3. The average molecular weight is 402 g/mol. The van der Waals surface area contributed by atoms with Gasteiger partial charge >= 0.3 is 0 Å². The predicted octanol–water partition coefficient (Wildman–Crippen LogP) is 3.14. The van der Waals surface area contributed by atoms with Crippen molar-refractivity contribution in [2.75, 3.05) is 13.8 Å². The average Bonchev–Trinajstić information content (AvgIpc) is 2.97. The molecule has 0 N–H and O–H groups in total. The van der Waals surface area contributed by atoms with Crippen molar-refractivity contribution in [2.24, 2.45) is 0 Å². The van der Waals surface area contributed by atoms with E-state index in [0.717, 1.165) is 15.9 Å². The fourth-order valence-corrected chi connectivity index (χ4v) is 3.98. The molecule has 0 saturated heterocycles. The Morgan fingerprint density at radius 3 is 2.70 bits per heavy atom. The number of hydrogen-bond donors (Lipinski definition) is 0. The topological polar surface area (TPSA) is 55.8 Å². The van der Waals surface area contributed by atoms with Crippen LogP contribution in [0.25, 0.3) is 0 Å². The van der Waals surface area contributed by atoms with Crippen LogP contribution in [-0.4, -0.2) is 26.6 Å². The van der Waals surface area contributed by atoms with Gasteiger partial charge < -0.3 is 9.47 Å². The van der Waals surface area contributed by atoms with E-state index in [-0.39, 0.29) is 18.2 Å². The van der Waals surface area contributed by atoms with Crippen molar-refractivity contribution in [2.45, 2.75) is 11.4 Å². The van der Waals surface area contributed by atoms with Crippen molar-refractivity contribution < 1.29 is 22.3 Å². The minimum Gasteiger partial charge on any atom is -0.454 e. The van der Waals surface area contributed by atoms with E-state index in [1.54, 1.807) is 18.2 Å². The first-order chi connectivity index (χ1) is 10.9. The molecule has 8 heteroatoms. The van der Waals surface area contributed by atoms with Gasteiger partial charge in [0.15, 0.2) is 11.5 Å². The maximum Gasteiger partial charge on any atom is 0.246 e. The summed E-state index contributed by atoms with van der Waals surface area (Å²) in [6.45, 7) is 0.237. The highest BCUT2D eigenvalue weighted by molar-refractivity contribution is 9.10. The Morgan fingerprint density at radius 2 is 1.91 bits per heavy atom. The van der Waals surface area contributed by atoms with Gasteiger partial charge in [0.05, 0.1) is 0 Å². The molecule has 0 atom stereocenters. The Balaban J connectivity index is 1.87. The SMILES string of the molecule is CN(Cc1ccc2c(c1)OCO2)S(=O)(=O)c1cc(Br)ccc1F. The second-order valence-corrected chi connectivity index (χ2v) is 7.95. The minimum absolute atomic E-state index is 0.0882. The second kappa shape index (κ2) is 6.10. The Labute approximate surface area is 141 Å². The van der Waals surface area contributed by atoms with Gasteiger partial charge in [-0.25, -0.2) is 12.8 Å². The lowest BCUT2D eigenvalue weighted by atomic mass is 10.2. The quantitative estimate of drug-likeness (QED) is 0.789. The first kappa shape index (κ1) is 16.2. The molecule has 0 amide bonds. The second-order valence-electron chi connectivity index (χ2n) is 5.02. The van der Waals surface area contributed by atoms with Gasteiger partial charge in [-0.15, -0.1) is 0 Å². The number of rotatable bonds is 4. The van der Waals surface area contributed by atoms with Crippen LogP contribution in [0.5, 0.6) is 11.5 Å². The van der Waals surface area contributed by atoms with E-state index in [1.165, 1.54) is 19.2 Å². The third-order valence-corrected chi connectivity index (χ3v) is 5.74. The molecule has 1 aliphatic heterocycles. The summed E-state index contributed by atoms with van der Waals surface area (Å²) >= 11 is 3.16. The molecule has 0 aliphatic carbocycles. The van der Waals surface area contributed by atoms with Gasteiger partial charge in [-0.1, -0.05) is 22.0 Å². The summed E-state index contributed by atoms with van der Waals surface area (Å²) in [4.78, 5) is -0.366. The highest BCUT2D eigenvalue weighted by atomic mass is 79.9. The largest absolute Gasteiger partial charge is 0.454 e. The van der Waals surface area contributed by atoms with Crippen LogP contribution in [0.15, 0.2) is 45.8 Å². The minimum atomic E-state index is -3.95. The van der Waals surface area contributed by atoms with Crippen LogP contribution < -0.4 is 9.47 Å². The van der Waals surface area contributed by atoms with Gasteiger partial charge in [-0.05, 0) is 35.9 Å². The number of sulfonamides is 1. The van der Waals surface area contributed by atoms with E-state index in [1.807, 2.05) is 0 Å². The number of nitrogens with zero attached hydrogens (tertiary/aromatic N) is 1. The molecule has 1 heterocycles. The summed E-state index contributed by atoms with van der Waals surface area (Å²) in [5.41, 5.74) is 0.718. The Hall–Kier alpha value is -1.64. The van der Waals surface area contributed by atoms with Crippen LogP contribution in [0.4, 0.5) is 4.39 Å². The molecule has 0 aromatic heterocycles. The van der Waals surface area contributed by atoms with Crippen LogP contribution in [0.3, 0.4) is 0 Å². The van der Waals surface area contributed by atoms with Gasteiger partial charge in [0.25, 0.3) is 0 Å². The zero-order valence-electron chi connectivity index (χ0n) is 12.1. The van der Waals surface area contributed by atoms with E-state index < -0.39 is 15.8 Å². The van der Waals surface area contributed by atoms with Gasteiger partial charge in [-0.3, -0.25) is 0 Å². The predicted molar refractivity (Wildman–Crippen MR) is 85.3 cm³/mol. The molecule has 23 heavy (non-hydrogen) atoms. The van der Waals surface area contributed by atoms with Crippen molar-refractivity contribution in [3.05, 3.63) is 52.3 Å². The van der Waals surface area contributed by atoms with E-state index in [9.17, 15) is 12.8 Å². The van der Waals surface area contributed by atoms with Crippen molar-refractivity contribution in [1.82, 2.24) is 4.31 Å². The molecule has 2 aromatic rings. The maximum atomic E-state index is 13.9. The van der Waals surface area contributed by atoms with Crippen molar-refractivity contribution >= 4 is 26.0 Å². The molecule has 1 aliphatic rings. The zero-order chi connectivity index (χ0) is 16.6. The maximum absolute atomic E-state index is 13.9. The number of hydrogen-bond acceptors (Lipinski definition) is 4. The lowest BCUT2D eigenvalue weighted by Crippen LogP contribution is -2.27. The summed E-state index contributed by atoms with van der Waals surface area (Å²) in [7, 11) is -2.55. The fourth-order valence-electron chi connectivity index (χ4n) is 2.22. The van der Waals surface area contributed by atoms with Crippen LogP contribution in [-0.2, 0) is 16.6 Å². The van der Waals surface area contributed by atoms with Crippen LogP contribution in [0.1, 0.15) is 5.56 Å². The molecular weight excluding hydrogens is 389 g/mol. The Kier molecular flexibility index (Phi) is 4.31. The Bertz CT molecular complexity index is 857. The van der Waals surface area contributed by atoms with Crippen LogP contribution in [0.2, 0.25) is 0 Å². The lowest BCUT2D eigenvalue weighted by molar-refractivity contribution is 0.174. The monoisotopic (exact) mass is 401 g/mol. The summed E-state index contributed by atoms with van der Waals surface area (Å²) in [5, 5.41) is 0. The van der Waals surface area contributed by atoms with Crippen molar-refractivity contribution in [3.63, 3.8) is 0 Å². The number of ether oxygens (including phenoxy) is 2.